The van der Waals surface area contributed by atoms with Crippen LogP contribution in [0.3, 0.4) is 0 Å². The van der Waals surface area contributed by atoms with Gasteiger partial charge >= 0.3 is 0 Å². The van der Waals surface area contributed by atoms with Crippen molar-refractivity contribution in [3.63, 3.8) is 0 Å². The average molecular weight is 159 g/mol. The van der Waals surface area contributed by atoms with Crippen LogP contribution in [0.5, 0.6) is 0 Å². The fourth-order valence-electron chi connectivity index (χ4n) is 1.15. The molecule has 0 fully saturated rings. The summed E-state index contributed by atoms with van der Waals surface area (Å²) in [6.07, 6.45) is 3.13. The molecule has 62 valence electrons. The molecule has 0 radical (unpaired) electrons. The molecule has 0 amide bonds. The summed E-state index contributed by atoms with van der Waals surface area (Å²) in [5.41, 5.74) is 1.18. The zero-order valence-electron chi connectivity index (χ0n) is 8.59. The van der Waals surface area contributed by atoms with Crippen molar-refractivity contribution in [1.29, 1.82) is 0 Å². The van der Waals surface area contributed by atoms with E-state index in [4.69, 9.17) is 1.37 Å². The molecule has 1 aromatic carbocycles. The average Bonchev–Trinajstić information content (AvgIpc) is 2.04. The first-order valence-corrected chi connectivity index (χ1v) is 4.12. The number of rotatable bonds is 2. The maximum absolute atomic E-state index is 6.86. The number of hydrogen-bond acceptors (Lipinski definition) is 0. The van der Waals surface area contributed by atoms with Crippen LogP contribution in [0.25, 0.3) is 0 Å². The highest BCUT2D eigenvalue weighted by molar-refractivity contribution is 5.19. The minimum Gasteiger partial charge on any atom is -0.120 e. The highest BCUT2D eigenvalue weighted by Crippen LogP contribution is 2.19. The Hall–Kier alpha value is -1.22. The van der Waals surface area contributed by atoms with Crippen LogP contribution < -0.4 is 0 Å². The monoisotopic (exact) mass is 159 g/mol. The van der Waals surface area contributed by atoms with Crippen molar-refractivity contribution in [3.8, 4) is 12.3 Å². The summed E-state index contributed by atoms with van der Waals surface area (Å²) in [4.78, 5) is 0. The van der Waals surface area contributed by atoms with Gasteiger partial charge in [0.05, 0.1) is 0 Å². The Kier molecular flexibility index (Phi) is 2.14. The van der Waals surface area contributed by atoms with Crippen molar-refractivity contribution in [1.82, 2.24) is 0 Å². The topological polar surface area (TPSA) is 0 Å². The molecule has 0 nitrogen and oxygen atoms in total. The number of benzene rings is 1. The van der Waals surface area contributed by atoms with E-state index >= 15 is 0 Å². The van der Waals surface area contributed by atoms with Crippen LogP contribution in [0.2, 0.25) is 0 Å². The van der Waals surface area contributed by atoms with Crippen molar-refractivity contribution >= 4 is 0 Å². The Labute approximate surface area is 76.0 Å². The summed E-state index contributed by atoms with van der Waals surface area (Å²) < 4.78 is 6.86. The van der Waals surface area contributed by atoms with Crippen LogP contribution in [0.4, 0.5) is 0 Å². The molecule has 1 aromatic rings. The van der Waals surface area contributed by atoms with Crippen LogP contribution >= 0.6 is 0 Å². The molecule has 0 unspecified atom stereocenters. The molecule has 0 aliphatic rings. The van der Waals surface area contributed by atoms with Crippen molar-refractivity contribution in [2.45, 2.75) is 20.3 Å². The first-order valence-electron chi connectivity index (χ1n) is 4.62. The molecule has 0 aliphatic heterocycles. The predicted octanol–water partition coefficient (Wildman–Crippen LogP) is 2.89. The van der Waals surface area contributed by atoms with E-state index in [1.54, 1.807) is 0 Å². The van der Waals surface area contributed by atoms with Crippen molar-refractivity contribution in [2.24, 2.45) is 5.41 Å². The van der Waals surface area contributed by atoms with E-state index in [0.29, 0.717) is 0 Å². The molecular formula is C12H14. The summed E-state index contributed by atoms with van der Waals surface area (Å²) in [6.45, 7) is 4.11. The minimum absolute atomic E-state index is 0.0941. The molecular weight excluding hydrogens is 144 g/mol. The summed E-state index contributed by atoms with van der Waals surface area (Å²) in [7, 11) is 0. The van der Waals surface area contributed by atoms with Gasteiger partial charge in [0.1, 0.15) is 1.37 Å². The van der Waals surface area contributed by atoms with Crippen LogP contribution in [-0.4, -0.2) is 0 Å². The summed E-state index contributed by atoms with van der Waals surface area (Å²) >= 11 is 0. The molecule has 0 saturated heterocycles. The van der Waals surface area contributed by atoms with E-state index in [2.05, 4.69) is 38.3 Å². The van der Waals surface area contributed by atoms with Gasteiger partial charge in [-0.2, -0.15) is 0 Å². The highest BCUT2D eigenvalue weighted by atomic mass is 14.2. The minimum atomic E-state index is -0.0941. The second-order valence-corrected chi connectivity index (χ2v) is 3.67. The quantitative estimate of drug-likeness (QED) is 0.582. The lowest BCUT2D eigenvalue weighted by Gasteiger charge is -2.16. The Morgan fingerprint density at radius 3 is 2.67 bits per heavy atom. The molecule has 0 aliphatic carbocycles. The van der Waals surface area contributed by atoms with Gasteiger partial charge in [-0.05, 0) is 25.8 Å². The van der Waals surface area contributed by atoms with Crippen LogP contribution in [0, 0.1) is 17.7 Å². The molecule has 1 rings (SSSR count). The van der Waals surface area contributed by atoms with Crippen LogP contribution in [-0.2, 0) is 6.42 Å². The predicted molar refractivity (Wildman–Crippen MR) is 52.8 cm³/mol. The van der Waals surface area contributed by atoms with Crippen molar-refractivity contribution < 1.29 is 1.37 Å². The molecule has 12 heavy (non-hydrogen) atoms. The molecule has 0 heteroatoms. The Balaban J connectivity index is 2.73. The van der Waals surface area contributed by atoms with Crippen molar-refractivity contribution in [2.75, 3.05) is 0 Å². The van der Waals surface area contributed by atoms with E-state index in [0.717, 1.165) is 6.42 Å². The maximum Gasteiger partial charge on any atom is 0.124 e. The molecule has 0 heterocycles. The van der Waals surface area contributed by atoms with E-state index < -0.39 is 0 Å². The Morgan fingerprint density at radius 2 is 2.08 bits per heavy atom. The van der Waals surface area contributed by atoms with Crippen LogP contribution in [0.1, 0.15) is 20.8 Å². The maximum atomic E-state index is 6.86. The third-order valence-electron chi connectivity index (χ3n) is 1.83. The SMILES string of the molecule is [2H]C#CC(C)(C)Cc1ccccc1. The van der Waals surface area contributed by atoms with Crippen molar-refractivity contribution in [3.05, 3.63) is 35.9 Å². The van der Waals surface area contributed by atoms with Gasteiger partial charge in [0.2, 0.25) is 0 Å². The Bertz CT molecular complexity index is 314. The molecule has 0 bridgehead atoms. The number of hydrogen-bond donors (Lipinski definition) is 0. The molecule has 0 atom stereocenters. The second-order valence-electron chi connectivity index (χ2n) is 3.67. The summed E-state index contributed by atoms with van der Waals surface area (Å²) in [5.74, 6) is 2.89. The lowest BCUT2D eigenvalue weighted by Crippen LogP contribution is -2.11. The third kappa shape index (κ3) is 2.43. The lowest BCUT2D eigenvalue weighted by molar-refractivity contribution is 0.501. The third-order valence-corrected chi connectivity index (χ3v) is 1.83. The lowest BCUT2D eigenvalue weighted by atomic mass is 9.87. The first kappa shape index (κ1) is 7.43. The summed E-state index contributed by atoms with van der Waals surface area (Å²) in [6, 6.07) is 10.2. The van der Waals surface area contributed by atoms with Gasteiger partial charge < -0.3 is 0 Å². The second kappa shape index (κ2) is 3.45. The molecule has 0 saturated carbocycles. The van der Waals surface area contributed by atoms with Gasteiger partial charge in [-0.1, -0.05) is 30.3 Å². The normalized spacial score (nSPS) is 11.3. The van der Waals surface area contributed by atoms with Gasteiger partial charge in [-0.3, -0.25) is 0 Å². The van der Waals surface area contributed by atoms with E-state index in [-0.39, 0.29) is 5.41 Å². The standard InChI is InChI=1S/C12H14/c1-4-12(2,3)10-11-8-6-5-7-9-11/h1,5-9H,10H2,2-3H3/i1D. The Morgan fingerprint density at radius 1 is 1.42 bits per heavy atom. The molecule has 0 aromatic heterocycles. The smallest absolute Gasteiger partial charge is 0.120 e. The fraction of sp³-hybridized carbons (Fsp3) is 0.333. The van der Waals surface area contributed by atoms with Gasteiger partial charge in [-0.25, -0.2) is 0 Å². The first-order chi connectivity index (χ1) is 6.14. The fourth-order valence-corrected chi connectivity index (χ4v) is 1.15. The van der Waals surface area contributed by atoms with Gasteiger partial charge in [0.15, 0.2) is 0 Å². The number of terminal acetylenes is 1. The van der Waals surface area contributed by atoms with Gasteiger partial charge in [0.25, 0.3) is 0 Å². The molecule has 0 N–H and O–H groups in total. The van der Waals surface area contributed by atoms with E-state index in [1.165, 1.54) is 5.56 Å². The van der Waals surface area contributed by atoms with E-state index in [1.807, 2.05) is 18.2 Å². The zero-order chi connectivity index (χ0) is 9.73. The van der Waals surface area contributed by atoms with Gasteiger partial charge in [0, 0.05) is 5.41 Å². The highest BCUT2D eigenvalue weighted by Gasteiger charge is 2.13. The van der Waals surface area contributed by atoms with Crippen LogP contribution in [0.15, 0.2) is 30.3 Å². The summed E-state index contributed by atoms with van der Waals surface area (Å²) in [5, 5.41) is 0. The zero-order valence-corrected chi connectivity index (χ0v) is 7.59. The van der Waals surface area contributed by atoms with Gasteiger partial charge in [-0.15, -0.1) is 12.3 Å². The van der Waals surface area contributed by atoms with E-state index in [9.17, 15) is 0 Å². The largest absolute Gasteiger partial charge is 0.124 e. The molecule has 0 spiro atoms.